The topological polar surface area (TPSA) is 47.6 Å². The predicted octanol–water partition coefficient (Wildman–Crippen LogP) is 3.82. The summed E-state index contributed by atoms with van der Waals surface area (Å²) in [5.41, 5.74) is 4.00. The first-order valence-electron chi connectivity index (χ1n) is 8.07. The summed E-state index contributed by atoms with van der Waals surface area (Å²) < 4.78 is 11.0. The van der Waals surface area contributed by atoms with E-state index < -0.39 is 0 Å². The zero-order chi connectivity index (χ0) is 17.7. The minimum Gasteiger partial charge on any atom is -0.493 e. The SMILES string of the molecule is COc1ccccc1OCC(C)NC(=O)c1cc(C)c(C)cc1C. The maximum atomic E-state index is 12.5. The van der Waals surface area contributed by atoms with E-state index in [-0.39, 0.29) is 11.9 Å². The standard InChI is InChI=1S/C20H25NO3/c1-13-10-15(3)17(11-14(13)2)20(22)21-16(4)12-24-19-9-7-6-8-18(19)23-5/h6-11,16H,12H2,1-5H3,(H,21,22). The van der Waals surface area contributed by atoms with Crippen LogP contribution in [-0.2, 0) is 0 Å². The number of ether oxygens (including phenoxy) is 2. The first-order valence-corrected chi connectivity index (χ1v) is 8.07. The van der Waals surface area contributed by atoms with Crippen LogP contribution in [0.4, 0.5) is 0 Å². The Hall–Kier alpha value is -2.49. The Labute approximate surface area is 143 Å². The van der Waals surface area contributed by atoms with Gasteiger partial charge in [0.05, 0.1) is 13.2 Å². The van der Waals surface area contributed by atoms with Gasteiger partial charge in [0.1, 0.15) is 6.61 Å². The third-order valence-electron chi connectivity index (χ3n) is 4.02. The Bertz CT molecular complexity index is 725. The van der Waals surface area contributed by atoms with Crippen LogP contribution >= 0.6 is 0 Å². The van der Waals surface area contributed by atoms with Gasteiger partial charge >= 0.3 is 0 Å². The molecule has 0 bridgehead atoms. The van der Waals surface area contributed by atoms with Crippen LogP contribution in [0.5, 0.6) is 11.5 Å². The van der Waals surface area contributed by atoms with Crippen molar-refractivity contribution in [1.82, 2.24) is 5.32 Å². The molecule has 0 radical (unpaired) electrons. The van der Waals surface area contributed by atoms with Crippen molar-refractivity contribution < 1.29 is 14.3 Å². The van der Waals surface area contributed by atoms with Crippen LogP contribution in [0.3, 0.4) is 0 Å². The lowest BCUT2D eigenvalue weighted by Gasteiger charge is -2.17. The minimum absolute atomic E-state index is 0.0771. The van der Waals surface area contributed by atoms with Crippen molar-refractivity contribution >= 4 is 5.91 Å². The summed E-state index contributed by atoms with van der Waals surface area (Å²) in [5.74, 6) is 1.27. The van der Waals surface area contributed by atoms with Gasteiger partial charge in [-0.05, 0) is 62.6 Å². The summed E-state index contributed by atoms with van der Waals surface area (Å²) in [7, 11) is 1.61. The molecule has 0 heterocycles. The van der Waals surface area contributed by atoms with E-state index >= 15 is 0 Å². The molecule has 0 aromatic heterocycles. The second kappa shape index (κ2) is 7.86. The second-order valence-electron chi connectivity index (χ2n) is 6.09. The van der Waals surface area contributed by atoms with Gasteiger partial charge in [0.25, 0.3) is 5.91 Å². The van der Waals surface area contributed by atoms with Gasteiger partial charge in [0.2, 0.25) is 0 Å². The van der Waals surface area contributed by atoms with E-state index in [0.29, 0.717) is 23.7 Å². The first kappa shape index (κ1) is 17.9. The van der Waals surface area contributed by atoms with Gasteiger partial charge in [-0.3, -0.25) is 4.79 Å². The molecule has 0 aliphatic heterocycles. The zero-order valence-corrected chi connectivity index (χ0v) is 15.0. The van der Waals surface area contributed by atoms with Gasteiger partial charge < -0.3 is 14.8 Å². The minimum atomic E-state index is -0.122. The smallest absolute Gasteiger partial charge is 0.251 e. The van der Waals surface area contributed by atoms with Gasteiger partial charge in [0.15, 0.2) is 11.5 Å². The van der Waals surface area contributed by atoms with Crippen LogP contribution in [0.2, 0.25) is 0 Å². The van der Waals surface area contributed by atoms with Crippen LogP contribution in [-0.4, -0.2) is 25.7 Å². The quantitative estimate of drug-likeness (QED) is 0.877. The Morgan fingerprint density at radius 3 is 2.33 bits per heavy atom. The fraction of sp³-hybridized carbons (Fsp3) is 0.350. The van der Waals surface area contributed by atoms with Crippen molar-refractivity contribution in [2.75, 3.05) is 13.7 Å². The first-order chi connectivity index (χ1) is 11.4. The number of rotatable bonds is 6. The van der Waals surface area contributed by atoms with E-state index in [9.17, 15) is 4.79 Å². The molecule has 1 atom stereocenters. The summed E-state index contributed by atoms with van der Waals surface area (Å²) in [5, 5.41) is 2.99. The molecule has 4 heteroatoms. The fourth-order valence-corrected chi connectivity index (χ4v) is 2.50. The Balaban J connectivity index is 1.98. The predicted molar refractivity (Wildman–Crippen MR) is 96.1 cm³/mol. The zero-order valence-electron chi connectivity index (χ0n) is 15.0. The molecule has 0 aliphatic carbocycles. The summed E-state index contributed by atoms with van der Waals surface area (Å²) >= 11 is 0. The molecule has 0 saturated carbocycles. The van der Waals surface area contributed by atoms with Crippen LogP contribution in [0, 0.1) is 20.8 Å². The molecular weight excluding hydrogens is 302 g/mol. The second-order valence-corrected chi connectivity index (χ2v) is 6.09. The summed E-state index contributed by atoms with van der Waals surface area (Å²) in [6.45, 7) is 8.31. The van der Waals surface area contributed by atoms with Crippen LogP contribution in [0.25, 0.3) is 0 Å². The van der Waals surface area contributed by atoms with Gasteiger partial charge in [-0.1, -0.05) is 18.2 Å². The monoisotopic (exact) mass is 327 g/mol. The maximum absolute atomic E-state index is 12.5. The number of carbonyl (C=O) groups is 1. The molecule has 0 saturated heterocycles. The van der Waals surface area contributed by atoms with Crippen molar-refractivity contribution in [2.45, 2.75) is 33.7 Å². The highest BCUT2D eigenvalue weighted by atomic mass is 16.5. The van der Waals surface area contributed by atoms with Gasteiger partial charge in [-0.2, -0.15) is 0 Å². The molecule has 4 nitrogen and oxygen atoms in total. The van der Waals surface area contributed by atoms with Crippen molar-refractivity contribution in [3.05, 3.63) is 58.7 Å². The normalized spacial score (nSPS) is 11.7. The number of nitrogens with one attached hydrogen (secondary N) is 1. The van der Waals surface area contributed by atoms with Crippen LogP contribution < -0.4 is 14.8 Å². The molecule has 2 aromatic rings. The number of benzene rings is 2. The van der Waals surface area contributed by atoms with Crippen LogP contribution in [0.1, 0.15) is 34.0 Å². The van der Waals surface area contributed by atoms with Crippen LogP contribution in [0.15, 0.2) is 36.4 Å². The maximum Gasteiger partial charge on any atom is 0.251 e. The molecule has 1 amide bonds. The lowest BCUT2D eigenvalue weighted by Crippen LogP contribution is -2.37. The molecule has 0 aliphatic rings. The van der Waals surface area contributed by atoms with Gasteiger partial charge in [0, 0.05) is 5.56 Å². The number of aryl methyl sites for hydroxylation is 3. The number of hydrogen-bond donors (Lipinski definition) is 1. The van der Waals surface area contributed by atoms with E-state index in [1.54, 1.807) is 7.11 Å². The third-order valence-corrected chi connectivity index (χ3v) is 4.02. The van der Waals surface area contributed by atoms with Gasteiger partial charge in [-0.25, -0.2) is 0 Å². The third kappa shape index (κ3) is 4.28. The number of carbonyl (C=O) groups excluding carboxylic acids is 1. The summed E-state index contributed by atoms with van der Waals surface area (Å²) in [4.78, 5) is 12.5. The van der Waals surface area contributed by atoms with E-state index in [4.69, 9.17) is 9.47 Å². The number of para-hydroxylation sites is 2. The molecule has 1 unspecified atom stereocenters. The molecule has 0 spiro atoms. The summed E-state index contributed by atoms with van der Waals surface area (Å²) in [6, 6.07) is 11.3. The largest absolute Gasteiger partial charge is 0.493 e. The van der Waals surface area contributed by atoms with E-state index in [1.807, 2.05) is 64.1 Å². The molecule has 1 N–H and O–H groups in total. The van der Waals surface area contributed by atoms with Gasteiger partial charge in [-0.15, -0.1) is 0 Å². The summed E-state index contributed by atoms with van der Waals surface area (Å²) in [6.07, 6.45) is 0. The average molecular weight is 327 g/mol. The molecule has 2 aromatic carbocycles. The number of amides is 1. The average Bonchev–Trinajstić information content (AvgIpc) is 2.56. The highest BCUT2D eigenvalue weighted by molar-refractivity contribution is 5.96. The number of hydrogen-bond acceptors (Lipinski definition) is 3. The van der Waals surface area contributed by atoms with E-state index in [0.717, 1.165) is 11.1 Å². The lowest BCUT2D eigenvalue weighted by atomic mass is 10.0. The Morgan fingerprint density at radius 2 is 1.67 bits per heavy atom. The van der Waals surface area contributed by atoms with Crippen molar-refractivity contribution in [2.24, 2.45) is 0 Å². The van der Waals surface area contributed by atoms with Crippen molar-refractivity contribution in [1.29, 1.82) is 0 Å². The highest BCUT2D eigenvalue weighted by Crippen LogP contribution is 2.25. The van der Waals surface area contributed by atoms with Crippen molar-refractivity contribution in [3.8, 4) is 11.5 Å². The Morgan fingerprint density at radius 1 is 1.04 bits per heavy atom. The number of methoxy groups -OCH3 is 1. The van der Waals surface area contributed by atoms with Crippen molar-refractivity contribution in [3.63, 3.8) is 0 Å². The molecule has 128 valence electrons. The molecule has 24 heavy (non-hydrogen) atoms. The lowest BCUT2D eigenvalue weighted by molar-refractivity contribution is 0.0925. The van der Waals surface area contributed by atoms with E-state index in [2.05, 4.69) is 5.32 Å². The highest BCUT2D eigenvalue weighted by Gasteiger charge is 2.14. The molecular formula is C20H25NO3. The molecule has 2 rings (SSSR count). The van der Waals surface area contributed by atoms with E-state index in [1.165, 1.54) is 5.56 Å². The Kier molecular flexibility index (Phi) is 5.85. The molecule has 0 fully saturated rings. The fourth-order valence-electron chi connectivity index (χ4n) is 2.50.